The zero-order valence-electron chi connectivity index (χ0n) is 15.5. The zero-order valence-corrected chi connectivity index (χ0v) is 15.5. The van der Waals surface area contributed by atoms with E-state index in [1.54, 1.807) is 0 Å². The number of hydrogen-bond acceptors (Lipinski definition) is 2. The first-order valence-electron chi connectivity index (χ1n) is 9.03. The summed E-state index contributed by atoms with van der Waals surface area (Å²) in [6.45, 7) is 2.21. The van der Waals surface area contributed by atoms with E-state index in [1.807, 2.05) is 14.1 Å². The maximum atomic E-state index is 12.4. The van der Waals surface area contributed by atoms with Gasteiger partial charge in [0.15, 0.2) is 6.54 Å². The van der Waals surface area contributed by atoms with Crippen molar-refractivity contribution in [1.29, 1.82) is 0 Å². The number of likely N-dealkylation sites (tertiary alicyclic amines) is 1. The number of amides is 1. The van der Waals surface area contributed by atoms with Gasteiger partial charge >= 0.3 is 0 Å². The largest absolute Gasteiger partial charge is 0.378 e. The Morgan fingerprint density at radius 1 is 1.28 bits per heavy atom. The molecule has 0 aliphatic carbocycles. The molecule has 1 unspecified atom stereocenters. The fourth-order valence-electron chi connectivity index (χ4n) is 3.70. The van der Waals surface area contributed by atoms with Crippen molar-refractivity contribution in [2.24, 2.45) is 7.05 Å². The van der Waals surface area contributed by atoms with Crippen LogP contribution >= 0.6 is 0 Å². The molecule has 0 spiro atoms. The van der Waals surface area contributed by atoms with E-state index in [2.05, 4.69) is 64.4 Å². The number of benzene rings is 1. The van der Waals surface area contributed by atoms with Crippen LogP contribution in [0.4, 0.5) is 5.69 Å². The Morgan fingerprint density at radius 3 is 2.68 bits per heavy atom. The maximum absolute atomic E-state index is 12.4. The van der Waals surface area contributed by atoms with Crippen molar-refractivity contribution in [3.8, 4) is 0 Å². The lowest BCUT2D eigenvalue weighted by Gasteiger charge is -2.21. The molecule has 3 rings (SSSR count). The highest BCUT2D eigenvalue weighted by atomic mass is 16.2. The van der Waals surface area contributed by atoms with Crippen molar-refractivity contribution >= 4 is 11.6 Å². The Bertz CT molecular complexity index is 705. The highest BCUT2D eigenvalue weighted by Crippen LogP contribution is 2.18. The van der Waals surface area contributed by atoms with Crippen LogP contribution in [0.3, 0.4) is 0 Å². The summed E-state index contributed by atoms with van der Waals surface area (Å²) in [6, 6.07) is 13.0. The first-order valence-corrected chi connectivity index (χ1v) is 9.03. The number of quaternary nitrogens is 1. The molecule has 1 aliphatic heterocycles. The monoisotopic (exact) mass is 341 g/mol. The summed E-state index contributed by atoms with van der Waals surface area (Å²) >= 11 is 0. The second-order valence-corrected chi connectivity index (χ2v) is 7.16. The minimum Gasteiger partial charge on any atom is -0.378 e. The molecule has 5 heteroatoms. The minimum atomic E-state index is 0.132. The van der Waals surface area contributed by atoms with Crippen LogP contribution in [0.15, 0.2) is 42.6 Å². The molecule has 2 atom stereocenters. The van der Waals surface area contributed by atoms with Gasteiger partial charge in [-0.25, -0.2) is 0 Å². The molecule has 134 valence electrons. The normalized spacial score (nSPS) is 19.8. The van der Waals surface area contributed by atoms with E-state index >= 15 is 0 Å². The number of rotatable bonds is 6. The first-order chi connectivity index (χ1) is 12.0. The number of aryl methyl sites for hydroxylation is 1. The quantitative estimate of drug-likeness (QED) is 0.827. The average Bonchev–Trinajstić information content (AvgIpc) is 3.21. The molecule has 0 radical (unpaired) electrons. The summed E-state index contributed by atoms with van der Waals surface area (Å²) in [7, 11) is 6.14. The van der Waals surface area contributed by atoms with Gasteiger partial charge in [0.2, 0.25) is 0 Å². The smallest absolute Gasteiger partial charge is 0.275 e. The van der Waals surface area contributed by atoms with Crippen molar-refractivity contribution < 1.29 is 9.69 Å². The lowest BCUT2D eigenvalue weighted by Crippen LogP contribution is -3.11. The Kier molecular flexibility index (Phi) is 5.43. The Labute approximate surface area is 150 Å². The molecule has 1 saturated heterocycles. The highest BCUT2D eigenvalue weighted by molar-refractivity contribution is 5.76. The summed E-state index contributed by atoms with van der Waals surface area (Å²) in [5, 5.41) is 3.07. The Balaban J connectivity index is 1.53. The summed E-state index contributed by atoms with van der Waals surface area (Å²) in [6.07, 6.45) is 4.43. The zero-order chi connectivity index (χ0) is 17.8. The van der Waals surface area contributed by atoms with Gasteiger partial charge in [-0.1, -0.05) is 12.1 Å². The molecular formula is C20H29N4O+. The highest BCUT2D eigenvalue weighted by Gasteiger charge is 2.32. The number of nitrogens with one attached hydrogen (secondary N) is 2. The van der Waals surface area contributed by atoms with Crippen LogP contribution in [0, 0.1) is 0 Å². The molecule has 2 N–H and O–H groups in total. The van der Waals surface area contributed by atoms with Crippen LogP contribution in [-0.2, 0) is 18.4 Å². The predicted octanol–water partition coefficient (Wildman–Crippen LogP) is 1.13. The maximum Gasteiger partial charge on any atom is 0.275 e. The molecule has 25 heavy (non-hydrogen) atoms. The lowest BCUT2D eigenvalue weighted by molar-refractivity contribution is -0.911. The predicted molar refractivity (Wildman–Crippen MR) is 101 cm³/mol. The molecule has 2 heterocycles. The molecule has 0 saturated carbocycles. The summed E-state index contributed by atoms with van der Waals surface area (Å²) in [5.41, 5.74) is 3.64. The third-order valence-electron chi connectivity index (χ3n) is 5.15. The third kappa shape index (κ3) is 4.23. The van der Waals surface area contributed by atoms with Crippen molar-refractivity contribution in [3.63, 3.8) is 0 Å². The van der Waals surface area contributed by atoms with Crippen LogP contribution in [0.5, 0.6) is 0 Å². The van der Waals surface area contributed by atoms with Gasteiger partial charge in [-0.3, -0.25) is 4.79 Å². The number of carbonyl (C=O) groups excluding carboxylic acids is 1. The van der Waals surface area contributed by atoms with Gasteiger partial charge in [0.05, 0.1) is 12.2 Å². The second-order valence-electron chi connectivity index (χ2n) is 7.16. The van der Waals surface area contributed by atoms with Gasteiger partial charge in [0.1, 0.15) is 6.04 Å². The van der Waals surface area contributed by atoms with Crippen LogP contribution < -0.4 is 15.1 Å². The second kappa shape index (κ2) is 7.74. The van der Waals surface area contributed by atoms with Gasteiger partial charge in [-0.2, -0.15) is 0 Å². The number of aromatic nitrogens is 1. The van der Waals surface area contributed by atoms with E-state index in [-0.39, 0.29) is 5.91 Å². The van der Waals surface area contributed by atoms with Crippen molar-refractivity contribution in [2.75, 3.05) is 32.1 Å². The number of hydrogen-bond donors (Lipinski definition) is 2. The molecule has 5 nitrogen and oxygen atoms in total. The molecule has 1 amide bonds. The van der Waals surface area contributed by atoms with E-state index in [0.29, 0.717) is 19.1 Å². The van der Waals surface area contributed by atoms with Gasteiger partial charge < -0.3 is 19.7 Å². The SMILES string of the molecule is CN(C)c1ccc(CNC(=O)C[NH+]2CCC[C@@H]2c2cccn2C)cc1. The van der Waals surface area contributed by atoms with E-state index < -0.39 is 0 Å². The third-order valence-corrected chi connectivity index (χ3v) is 5.15. The number of carbonyl (C=O) groups is 1. The molecular weight excluding hydrogens is 312 g/mol. The van der Waals surface area contributed by atoms with Gasteiger partial charge in [-0.05, 0) is 29.8 Å². The summed E-state index contributed by atoms with van der Waals surface area (Å²) in [4.78, 5) is 15.8. The fraction of sp³-hybridized carbons (Fsp3) is 0.450. The van der Waals surface area contributed by atoms with Gasteiger partial charge in [0, 0.05) is 52.4 Å². The van der Waals surface area contributed by atoms with Crippen LogP contribution in [0.25, 0.3) is 0 Å². The van der Waals surface area contributed by atoms with Gasteiger partial charge in [0.25, 0.3) is 5.91 Å². The van der Waals surface area contributed by atoms with Crippen LogP contribution in [0.2, 0.25) is 0 Å². The molecule has 1 aromatic heterocycles. The molecule has 1 aromatic carbocycles. The fourth-order valence-corrected chi connectivity index (χ4v) is 3.70. The van der Waals surface area contributed by atoms with E-state index in [4.69, 9.17) is 0 Å². The standard InChI is InChI=1S/C20H28N4O/c1-22(2)17-10-8-16(9-11-17)14-21-20(25)15-24-13-5-7-19(24)18-6-4-12-23(18)3/h4,6,8-12,19H,5,7,13-15H2,1-3H3,(H,21,25)/p+1/t19-/m1/s1. The van der Waals surface area contributed by atoms with Crippen molar-refractivity contribution in [1.82, 2.24) is 9.88 Å². The molecule has 2 aromatic rings. The summed E-state index contributed by atoms with van der Waals surface area (Å²) < 4.78 is 2.18. The Morgan fingerprint density at radius 2 is 2.04 bits per heavy atom. The summed E-state index contributed by atoms with van der Waals surface area (Å²) in [5.74, 6) is 0.132. The van der Waals surface area contributed by atoms with Crippen molar-refractivity contribution in [2.45, 2.75) is 25.4 Å². The molecule has 0 bridgehead atoms. The lowest BCUT2D eigenvalue weighted by atomic mass is 10.1. The molecule has 1 fully saturated rings. The molecule has 1 aliphatic rings. The van der Waals surface area contributed by atoms with Crippen molar-refractivity contribution in [3.05, 3.63) is 53.9 Å². The topological polar surface area (TPSA) is 41.7 Å². The average molecular weight is 341 g/mol. The van der Waals surface area contributed by atoms with E-state index in [1.165, 1.54) is 22.7 Å². The van der Waals surface area contributed by atoms with E-state index in [0.717, 1.165) is 18.5 Å². The minimum absolute atomic E-state index is 0.132. The Hall–Kier alpha value is -2.27. The number of anilines is 1. The number of nitrogens with zero attached hydrogens (tertiary/aromatic N) is 2. The van der Waals surface area contributed by atoms with Gasteiger partial charge in [-0.15, -0.1) is 0 Å². The van der Waals surface area contributed by atoms with E-state index in [9.17, 15) is 4.79 Å². The first kappa shape index (κ1) is 17.5. The van der Waals surface area contributed by atoms with Crippen LogP contribution in [-0.4, -0.2) is 37.7 Å². The van der Waals surface area contributed by atoms with Crippen LogP contribution in [0.1, 0.15) is 30.1 Å².